The van der Waals surface area contributed by atoms with Crippen molar-refractivity contribution in [3.8, 4) is 5.75 Å². The number of alkyl halides is 3. The Labute approximate surface area is 165 Å². The van der Waals surface area contributed by atoms with Crippen molar-refractivity contribution < 1.29 is 30.7 Å². The van der Waals surface area contributed by atoms with Gasteiger partial charge in [-0.2, -0.15) is 11.8 Å². The molecule has 1 aliphatic heterocycles. The average Bonchev–Trinajstić information content (AvgIpc) is 3.16. The standard InChI is InChI=1S/C17H19F3N2O4S2/c18-17(19,20)26-15-3-1-2-4-16(15)28(23,24)21-11-14(13-5-8-25-12-13)22-6-9-27-10-7-22/h1-5,8,12,14,21H,6-7,9-11H2. The Kier molecular flexibility index (Phi) is 6.58. The van der Waals surface area contributed by atoms with Crippen LogP contribution >= 0.6 is 11.8 Å². The zero-order valence-electron chi connectivity index (χ0n) is 14.7. The molecular formula is C17H19F3N2O4S2. The van der Waals surface area contributed by atoms with Gasteiger partial charge in [0.15, 0.2) is 0 Å². The molecule has 0 spiro atoms. The van der Waals surface area contributed by atoms with Crippen LogP contribution in [0.2, 0.25) is 0 Å². The lowest BCUT2D eigenvalue weighted by atomic mass is 10.1. The zero-order valence-corrected chi connectivity index (χ0v) is 16.3. The van der Waals surface area contributed by atoms with E-state index in [2.05, 4.69) is 14.4 Å². The minimum Gasteiger partial charge on any atom is -0.472 e. The van der Waals surface area contributed by atoms with Crippen LogP contribution in [0.25, 0.3) is 0 Å². The van der Waals surface area contributed by atoms with E-state index in [1.54, 1.807) is 12.3 Å². The molecule has 0 saturated carbocycles. The first kappa shape index (κ1) is 21.0. The van der Waals surface area contributed by atoms with Crippen molar-refractivity contribution in [2.75, 3.05) is 31.1 Å². The fourth-order valence-electron chi connectivity index (χ4n) is 2.96. The van der Waals surface area contributed by atoms with Gasteiger partial charge in [0.2, 0.25) is 10.0 Å². The predicted octanol–water partition coefficient (Wildman–Crippen LogP) is 3.25. The molecule has 0 amide bonds. The number of para-hydroxylation sites is 1. The topological polar surface area (TPSA) is 71.8 Å². The average molecular weight is 436 g/mol. The molecule has 2 aromatic rings. The molecule has 0 bridgehead atoms. The number of nitrogens with one attached hydrogen (secondary N) is 1. The van der Waals surface area contributed by atoms with Crippen molar-refractivity contribution in [3.63, 3.8) is 0 Å². The first-order chi connectivity index (χ1) is 13.3. The third kappa shape index (κ3) is 5.43. The second kappa shape index (κ2) is 8.76. The molecule has 11 heteroatoms. The molecule has 154 valence electrons. The molecule has 1 atom stereocenters. The van der Waals surface area contributed by atoms with Gasteiger partial charge in [0, 0.05) is 36.7 Å². The number of ether oxygens (including phenoxy) is 1. The maximum atomic E-state index is 12.7. The Morgan fingerprint density at radius 1 is 1.21 bits per heavy atom. The lowest BCUT2D eigenvalue weighted by Crippen LogP contribution is -2.42. The summed E-state index contributed by atoms with van der Waals surface area (Å²) in [7, 11) is -4.23. The maximum Gasteiger partial charge on any atom is 0.573 e. The van der Waals surface area contributed by atoms with Crippen molar-refractivity contribution in [2.45, 2.75) is 17.3 Å². The number of benzene rings is 1. The van der Waals surface area contributed by atoms with E-state index in [4.69, 9.17) is 4.42 Å². The Morgan fingerprint density at radius 3 is 2.57 bits per heavy atom. The van der Waals surface area contributed by atoms with Gasteiger partial charge in [-0.05, 0) is 18.2 Å². The number of rotatable bonds is 7. The molecule has 2 heterocycles. The second-order valence-electron chi connectivity index (χ2n) is 6.07. The van der Waals surface area contributed by atoms with Crippen molar-refractivity contribution >= 4 is 21.8 Å². The van der Waals surface area contributed by atoms with Crippen LogP contribution in [-0.2, 0) is 10.0 Å². The summed E-state index contributed by atoms with van der Waals surface area (Å²) in [6.45, 7) is 1.54. The largest absolute Gasteiger partial charge is 0.573 e. The molecular weight excluding hydrogens is 417 g/mol. The second-order valence-corrected chi connectivity index (χ2v) is 9.03. The van der Waals surface area contributed by atoms with Gasteiger partial charge in [0.1, 0.15) is 10.6 Å². The van der Waals surface area contributed by atoms with Gasteiger partial charge in [-0.1, -0.05) is 12.1 Å². The molecule has 1 N–H and O–H groups in total. The molecule has 0 radical (unpaired) electrons. The normalized spacial score (nSPS) is 17.4. The van der Waals surface area contributed by atoms with Gasteiger partial charge in [-0.25, -0.2) is 13.1 Å². The molecule has 28 heavy (non-hydrogen) atoms. The number of nitrogens with zero attached hydrogens (tertiary/aromatic N) is 1. The first-order valence-electron chi connectivity index (χ1n) is 8.44. The Morgan fingerprint density at radius 2 is 1.93 bits per heavy atom. The van der Waals surface area contributed by atoms with Crippen LogP contribution in [0, 0.1) is 0 Å². The van der Waals surface area contributed by atoms with Crippen molar-refractivity contribution in [3.05, 3.63) is 48.4 Å². The SMILES string of the molecule is O=S(=O)(NCC(c1ccoc1)N1CCSCC1)c1ccccc1OC(F)(F)F. The van der Waals surface area contributed by atoms with E-state index in [1.807, 2.05) is 11.8 Å². The van der Waals surface area contributed by atoms with E-state index >= 15 is 0 Å². The van der Waals surface area contributed by atoms with Crippen LogP contribution in [0.1, 0.15) is 11.6 Å². The van der Waals surface area contributed by atoms with Gasteiger partial charge in [0.25, 0.3) is 0 Å². The molecule has 1 saturated heterocycles. The molecule has 6 nitrogen and oxygen atoms in total. The fourth-order valence-corrected chi connectivity index (χ4v) is 5.06. The third-order valence-corrected chi connectivity index (χ3v) is 6.65. The Balaban J connectivity index is 1.79. The summed E-state index contributed by atoms with van der Waals surface area (Å²) in [6.07, 6.45) is -1.94. The van der Waals surface area contributed by atoms with Gasteiger partial charge < -0.3 is 9.15 Å². The van der Waals surface area contributed by atoms with Crippen LogP contribution in [0.3, 0.4) is 0 Å². The molecule has 1 fully saturated rings. The summed E-state index contributed by atoms with van der Waals surface area (Å²) in [6, 6.07) is 6.13. The summed E-state index contributed by atoms with van der Waals surface area (Å²) in [5.41, 5.74) is 0.800. The molecule has 1 aliphatic rings. The molecule has 0 aliphatic carbocycles. The smallest absolute Gasteiger partial charge is 0.472 e. The summed E-state index contributed by atoms with van der Waals surface area (Å²) >= 11 is 1.81. The van der Waals surface area contributed by atoms with Crippen LogP contribution in [0.5, 0.6) is 5.75 Å². The van der Waals surface area contributed by atoms with E-state index in [9.17, 15) is 21.6 Å². The summed E-state index contributed by atoms with van der Waals surface area (Å²) in [5, 5.41) is 0. The van der Waals surface area contributed by atoms with Crippen molar-refractivity contribution in [1.29, 1.82) is 0 Å². The lowest BCUT2D eigenvalue weighted by Gasteiger charge is -2.33. The minimum atomic E-state index is -4.99. The highest BCUT2D eigenvalue weighted by molar-refractivity contribution is 7.99. The van der Waals surface area contributed by atoms with Crippen LogP contribution in [-0.4, -0.2) is 50.8 Å². The summed E-state index contributed by atoms with van der Waals surface area (Å²) in [4.78, 5) is 1.56. The number of thioether (sulfide) groups is 1. The third-order valence-electron chi connectivity index (χ3n) is 4.25. The van der Waals surface area contributed by atoms with Gasteiger partial charge in [0.05, 0.1) is 18.6 Å². The number of hydrogen-bond acceptors (Lipinski definition) is 6. The highest BCUT2D eigenvalue weighted by Crippen LogP contribution is 2.30. The fraction of sp³-hybridized carbons (Fsp3) is 0.412. The van der Waals surface area contributed by atoms with E-state index in [0.29, 0.717) is 0 Å². The zero-order chi connectivity index (χ0) is 20.2. The highest BCUT2D eigenvalue weighted by Gasteiger charge is 2.34. The molecule has 3 rings (SSSR count). The van der Waals surface area contributed by atoms with Gasteiger partial charge in [-0.15, -0.1) is 13.2 Å². The van der Waals surface area contributed by atoms with Gasteiger partial charge in [-0.3, -0.25) is 4.90 Å². The number of furan rings is 1. The van der Waals surface area contributed by atoms with E-state index in [0.717, 1.165) is 42.3 Å². The van der Waals surface area contributed by atoms with E-state index in [-0.39, 0.29) is 12.6 Å². The number of halogens is 3. The van der Waals surface area contributed by atoms with E-state index in [1.165, 1.54) is 18.4 Å². The van der Waals surface area contributed by atoms with Gasteiger partial charge >= 0.3 is 6.36 Å². The van der Waals surface area contributed by atoms with E-state index < -0.39 is 27.0 Å². The highest BCUT2D eigenvalue weighted by atomic mass is 32.2. The lowest BCUT2D eigenvalue weighted by molar-refractivity contribution is -0.275. The summed E-state index contributed by atoms with van der Waals surface area (Å²) < 4.78 is 74.6. The van der Waals surface area contributed by atoms with Crippen molar-refractivity contribution in [2.24, 2.45) is 0 Å². The first-order valence-corrected chi connectivity index (χ1v) is 11.1. The Hall–Kier alpha value is -1.69. The minimum absolute atomic E-state index is 0.00706. The Bertz CT molecular complexity index is 867. The quantitative estimate of drug-likeness (QED) is 0.719. The predicted molar refractivity (Wildman–Crippen MR) is 98.7 cm³/mol. The number of hydrogen-bond donors (Lipinski definition) is 1. The molecule has 1 unspecified atom stereocenters. The molecule has 1 aromatic carbocycles. The summed E-state index contributed by atoms with van der Waals surface area (Å²) in [5.74, 6) is 1.07. The maximum absolute atomic E-state index is 12.7. The molecule has 1 aromatic heterocycles. The van der Waals surface area contributed by atoms with Crippen LogP contribution in [0.4, 0.5) is 13.2 Å². The van der Waals surface area contributed by atoms with Crippen LogP contribution in [0.15, 0.2) is 52.2 Å². The number of sulfonamides is 1. The monoisotopic (exact) mass is 436 g/mol. The van der Waals surface area contributed by atoms with Crippen LogP contribution < -0.4 is 9.46 Å². The van der Waals surface area contributed by atoms with Crippen molar-refractivity contribution in [1.82, 2.24) is 9.62 Å².